The second kappa shape index (κ2) is 8.85. The number of hydrogen-bond acceptors (Lipinski definition) is 4. The van der Waals surface area contributed by atoms with E-state index in [1.807, 2.05) is 0 Å². The molecule has 6 N–H and O–H groups in total. The zero-order chi connectivity index (χ0) is 11.7. The molecule has 0 bridgehead atoms. The minimum absolute atomic E-state index is 1.83. The summed E-state index contributed by atoms with van der Waals surface area (Å²) in [6.07, 6.45) is -1.83. The van der Waals surface area contributed by atoms with Crippen molar-refractivity contribution in [1.29, 1.82) is 0 Å². The Labute approximate surface area is 73.2 Å². The van der Waals surface area contributed by atoms with Crippen molar-refractivity contribution in [2.45, 2.75) is 0 Å². The van der Waals surface area contributed by atoms with E-state index in [0.717, 1.165) is 0 Å². The SMILES string of the molecule is O=C(O)O.O=S(=O)(O)O.O=[Si](O)O. The van der Waals surface area contributed by atoms with Gasteiger partial charge in [0, 0.05) is 0 Å². The zero-order valence-corrected chi connectivity index (χ0v) is 7.54. The Morgan fingerprint density at radius 3 is 1.08 bits per heavy atom. The first kappa shape index (κ1) is 17.7. The van der Waals surface area contributed by atoms with Crippen molar-refractivity contribution in [2.75, 3.05) is 0 Å². The normalized spacial score (nSPS) is 8.15. The third-order valence-electron chi connectivity index (χ3n) is 0. The molecule has 0 saturated carbocycles. The van der Waals surface area contributed by atoms with Crippen LogP contribution in [-0.4, -0.2) is 52.7 Å². The van der Waals surface area contributed by atoms with Crippen molar-refractivity contribution in [3.63, 3.8) is 0 Å². The summed E-state index contributed by atoms with van der Waals surface area (Å²) in [7, 11) is -7.80. The van der Waals surface area contributed by atoms with Gasteiger partial charge in [0.05, 0.1) is 0 Å². The van der Waals surface area contributed by atoms with Crippen LogP contribution in [0.2, 0.25) is 0 Å². The van der Waals surface area contributed by atoms with Crippen LogP contribution in [-0.2, 0) is 14.9 Å². The lowest BCUT2D eigenvalue weighted by molar-refractivity contribution is 0.137. The summed E-state index contributed by atoms with van der Waals surface area (Å²) in [5.74, 6) is 0. The number of carboxylic acid groups (broad SMARTS) is 2. The molecule has 80 valence electrons. The number of rotatable bonds is 0. The molecule has 0 fully saturated rings. The summed E-state index contributed by atoms with van der Waals surface area (Å²) in [6, 6.07) is 0. The van der Waals surface area contributed by atoms with E-state index in [1.165, 1.54) is 0 Å². The Morgan fingerprint density at radius 1 is 1.08 bits per heavy atom. The van der Waals surface area contributed by atoms with Crippen LogP contribution in [0.1, 0.15) is 0 Å². The fourth-order valence-corrected chi connectivity index (χ4v) is 0. The highest BCUT2D eigenvalue weighted by Gasteiger charge is 1.85. The van der Waals surface area contributed by atoms with Gasteiger partial charge >= 0.3 is 25.7 Å². The van der Waals surface area contributed by atoms with Crippen molar-refractivity contribution in [2.24, 2.45) is 0 Å². The van der Waals surface area contributed by atoms with Gasteiger partial charge in [0.2, 0.25) is 0 Å². The molecule has 0 radical (unpaired) electrons. The standard InChI is InChI=1S/CH2O3.H2O4S.H2O3Si/c2-1(3)4;1-5(2,3)4;1-4(2)3/h(H2,2,3,4);(H2,1,2,3,4);1-2H. The van der Waals surface area contributed by atoms with Crippen LogP contribution < -0.4 is 0 Å². The summed E-state index contributed by atoms with van der Waals surface area (Å²) in [5, 5.41) is 13.9. The van der Waals surface area contributed by atoms with E-state index in [0.29, 0.717) is 0 Å². The first-order chi connectivity index (χ1) is 5.46. The van der Waals surface area contributed by atoms with Crippen LogP contribution in [0.4, 0.5) is 4.79 Å². The molecule has 0 amide bonds. The van der Waals surface area contributed by atoms with E-state index in [2.05, 4.69) is 0 Å². The molecule has 13 heavy (non-hydrogen) atoms. The van der Waals surface area contributed by atoms with E-state index in [-0.39, 0.29) is 0 Å². The second-order valence-electron chi connectivity index (χ2n) is 1.01. The maximum Gasteiger partial charge on any atom is 0.761 e. The van der Waals surface area contributed by atoms with Crippen LogP contribution in [0.5, 0.6) is 0 Å². The maximum atomic E-state index is 8.74. The third kappa shape index (κ3) is 534. The summed E-state index contributed by atoms with van der Waals surface area (Å²) >= 11 is 0. The molecule has 0 aromatic heterocycles. The molecule has 0 rings (SSSR count). The van der Waals surface area contributed by atoms with Gasteiger partial charge in [-0.05, 0) is 0 Å². The Bertz CT molecular complexity index is 210. The van der Waals surface area contributed by atoms with E-state index < -0.39 is 25.7 Å². The molecule has 0 aliphatic carbocycles. The van der Waals surface area contributed by atoms with Gasteiger partial charge in [0.15, 0.2) is 0 Å². The fourth-order valence-electron chi connectivity index (χ4n) is 0. The minimum atomic E-state index is -4.67. The first-order valence-corrected chi connectivity index (χ1v) is 4.70. The highest BCUT2D eigenvalue weighted by molar-refractivity contribution is 7.79. The quantitative estimate of drug-likeness (QED) is 0.202. The van der Waals surface area contributed by atoms with Gasteiger partial charge in [-0.3, -0.25) is 13.6 Å². The molecule has 0 aromatic carbocycles. The van der Waals surface area contributed by atoms with E-state index in [4.69, 9.17) is 46.6 Å². The maximum absolute atomic E-state index is 8.74. The largest absolute Gasteiger partial charge is 0.761 e. The summed E-state index contributed by atoms with van der Waals surface area (Å²) in [5.41, 5.74) is 0. The van der Waals surface area contributed by atoms with Crippen molar-refractivity contribution in [1.82, 2.24) is 0 Å². The van der Waals surface area contributed by atoms with Gasteiger partial charge in [-0.2, -0.15) is 8.42 Å². The van der Waals surface area contributed by atoms with Crippen molar-refractivity contribution in [3.8, 4) is 0 Å². The van der Waals surface area contributed by atoms with Crippen LogP contribution in [0.25, 0.3) is 0 Å². The van der Waals surface area contributed by atoms with Crippen LogP contribution in [0.3, 0.4) is 0 Å². The van der Waals surface area contributed by atoms with Crippen molar-refractivity contribution in [3.05, 3.63) is 0 Å². The van der Waals surface area contributed by atoms with Gasteiger partial charge in [0.1, 0.15) is 0 Å². The molecule has 0 heterocycles. The van der Waals surface area contributed by atoms with Crippen molar-refractivity contribution < 1.29 is 46.6 Å². The van der Waals surface area contributed by atoms with Crippen LogP contribution in [0.15, 0.2) is 0 Å². The Hall–Kier alpha value is -1.24. The summed E-state index contributed by atoms with van der Waals surface area (Å²) in [4.78, 5) is 22.9. The zero-order valence-electron chi connectivity index (χ0n) is 5.72. The first-order valence-electron chi connectivity index (χ1n) is 2.00. The molecule has 0 spiro atoms. The average Bonchev–Trinajstić information content (AvgIpc) is 1.50. The molecule has 0 aromatic rings. The summed E-state index contributed by atoms with van der Waals surface area (Å²) in [6.45, 7) is 0. The van der Waals surface area contributed by atoms with Crippen molar-refractivity contribution >= 4 is 25.7 Å². The van der Waals surface area contributed by atoms with Gasteiger partial charge in [-0.1, -0.05) is 0 Å². The summed E-state index contributed by atoms with van der Waals surface area (Å²) < 4.78 is 40.3. The lowest BCUT2D eigenvalue weighted by Crippen LogP contribution is -1.90. The molecular weight excluding hydrogens is 232 g/mol. The Kier molecular flexibility index (Phi) is 12.1. The average molecular weight is 238 g/mol. The second-order valence-corrected chi connectivity index (χ2v) is 2.47. The third-order valence-corrected chi connectivity index (χ3v) is 0. The Balaban J connectivity index is -0.000000117. The molecule has 0 saturated heterocycles. The van der Waals surface area contributed by atoms with Gasteiger partial charge in [-0.25, -0.2) is 4.79 Å². The predicted molar refractivity (Wildman–Crippen MR) is 35.7 cm³/mol. The molecule has 0 aliphatic heterocycles. The Morgan fingerprint density at radius 2 is 1.08 bits per heavy atom. The van der Waals surface area contributed by atoms with Crippen LogP contribution in [0, 0.1) is 0 Å². The van der Waals surface area contributed by atoms with E-state index >= 15 is 0 Å². The van der Waals surface area contributed by atoms with E-state index in [1.54, 1.807) is 0 Å². The lowest BCUT2D eigenvalue weighted by atomic mass is 11.5. The fraction of sp³-hybridized carbons (Fsp3) is 0. The predicted octanol–water partition coefficient (Wildman–Crippen LogP) is -2.04. The lowest BCUT2D eigenvalue weighted by Gasteiger charge is -1.68. The monoisotopic (exact) mass is 238 g/mol. The molecule has 0 aliphatic rings. The van der Waals surface area contributed by atoms with Gasteiger partial charge < -0.3 is 19.8 Å². The highest BCUT2D eigenvalue weighted by atomic mass is 32.3. The van der Waals surface area contributed by atoms with Gasteiger partial charge in [-0.15, -0.1) is 0 Å². The van der Waals surface area contributed by atoms with Gasteiger partial charge in [0.25, 0.3) is 0 Å². The number of hydrogen-bond donors (Lipinski definition) is 6. The molecule has 10 nitrogen and oxygen atoms in total. The minimum Gasteiger partial charge on any atom is -0.511 e. The molecule has 0 atom stereocenters. The molecule has 12 heteroatoms. The number of carbonyl (C=O) groups is 1. The molecule has 0 unspecified atom stereocenters. The molecular formula is CH6O10SSi. The van der Waals surface area contributed by atoms with Crippen LogP contribution >= 0.6 is 0 Å². The van der Waals surface area contributed by atoms with E-state index in [9.17, 15) is 0 Å². The topological polar surface area (TPSA) is 190 Å². The highest BCUT2D eigenvalue weighted by Crippen LogP contribution is 1.59. The smallest absolute Gasteiger partial charge is 0.511 e.